The van der Waals surface area contributed by atoms with E-state index in [2.05, 4.69) is 47.6 Å². The van der Waals surface area contributed by atoms with E-state index in [4.69, 9.17) is 14.5 Å². The van der Waals surface area contributed by atoms with Gasteiger partial charge in [0, 0.05) is 24.7 Å². The highest BCUT2D eigenvalue weighted by Crippen LogP contribution is 2.73. The van der Waals surface area contributed by atoms with Gasteiger partial charge in [-0.2, -0.15) is 0 Å². The normalized spacial score (nSPS) is 46.8. The molecule has 4 nitrogen and oxygen atoms in total. The van der Waals surface area contributed by atoms with E-state index in [0.717, 1.165) is 55.8 Å². The van der Waals surface area contributed by atoms with E-state index in [9.17, 15) is 4.79 Å². The Bertz CT molecular complexity index is 837. The molecule has 5 fully saturated rings. The maximum Gasteiger partial charge on any atom is 0.302 e. The number of hydrogen-bond acceptors (Lipinski definition) is 4. The summed E-state index contributed by atoms with van der Waals surface area (Å²) in [6.07, 6.45) is 13.7. The summed E-state index contributed by atoms with van der Waals surface area (Å²) in [5.74, 6) is 3.43. The Labute approximate surface area is 207 Å². The van der Waals surface area contributed by atoms with Gasteiger partial charge in [-0.1, -0.05) is 60.5 Å². The average Bonchev–Trinajstić information content (AvgIpc) is 3.14. The molecule has 9 atom stereocenters. The molecular weight excluding hydrogens is 424 g/mol. The third-order valence-corrected chi connectivity index (χ3v) is 11.8. The monoisotopic (exact) mass is 472 g/mol. The Morgan fingerprint density at radius 2 is 1.82 bits per heavy atom. The van der Waals surface area contributed by atoms with Crippen LogP contribution in [0.3, 0.4) is 0 Å². The van der Waals surface area contributed by atoms with Gasteiger partial charge in [0.05, 0.1) is 0 Å². The van der Waals surface area contributed by atoms with Crippen LogP contribution in [0, 0.1) is 40.4 Å². The van der Waals surface area contributed by atoms with Gasteiger partial charge >= 0.3 is 5.97 Å². The van der Waals surface area contributed by atoms with E-state index in [1.807, 2.05) is 0 Å². The molecule has 34 heavy (non-hydrogen) atoms. The van der Waals surface area contributed by atoms with Crippen molar-refractivity contribution in [1.29, 1.82) is 0 Å². The Morgan fingerprint density at radius 3 is 2.47 bits per heavy atom. The number of fused-ring (bicyclic) bond motifs is 3. The van der Waals surface area contributed by atoms with Gasteiger partial charge in [0.15, 0.2) is 0 Å². The Balaban J connectivity index is 1.40. The van der Waals surface area contributed by atoms with Crippen LogP contribution in [-0.2, 0) is 19.3 Å². The molecule has 4 aliphatic carbocycles. The smallest absolute Gasteiger partial charge is 0.302 e. The molecule has 2 bridgehead atoms. The highest BCUT2D eigenvalue weighted by molar-refractivity contribution is 5.66. The van der Waals surface area contributed by atoms with Crippen LogP contribution in [-0.4, -0.2) is 23.3 Å². The second kappa shape index (κ2) is 8.33. The van der Waals surface area contributed by atoms with E-state index >= 15 is 0 Å². The summed E-state index contributed by atoms with van der Waals surface area (Å²) < 4.78 is 5.65. The van der Waals surface area contributed by atoms with Gasteiger partial charge in [0.2, 0.25) is 0 Å². The molecule has 0 N–H and O–H groups in total. The minimum Gasteiger partial charge on any atom is -0.462 e. The number of allylic oxidation sites excluding steroid dienone is 1. The average molecular weight is 473 g/mol. The van der Waals surface area contributed by atoms with Crippen LogP contribution in [0.2, 0.25) is 0 Å². The fraction of sp³-hybridized carbons (Fsp3) is 0.900. The summed E-state index contributed by atoms with van der Waals surface area (Å²) >= 11 is 0. The molecule has 192 valence electrons. The van der Waals surface area contributed by atoms with Crippen molar-refractivity contribution in [1.82, 2.24) is 0 Å². The van der Waals surface area contributed by atoms with Crippen molar-refractivity contribution in [2.45, 2.75) is 130 Å². The molecule has 6 rings (SSSR count). The molecule has 2 heterocycles. The van der Waals surface area contributed by atoms with Crippen molar-refractivity contribution < 1.29 is 19.3 Å². The molecule has 2 spiro atoms. The van der Waals surface area contributed by atoms with E-state index in [1.165, 1.54) is 44.6 Å². The topological polar surface area (TPSA) is 44.8 Å². The van der Waals surface area contributed by atoms with Crippen molar-refractivity contribution >= 4 is 5.97 Å². The SMILES string of the molecule is CC(=O)O[C@@H]1CC[C@]2(C)C3=CC[C@]4(C)[C@@H]([C@H](C)CC[C@H](C)C(C)C)CC[C@H]4[C@@]34CC[C@]2(C1)OO4. The molecule has 0 amide bonds. The lowest BCUT2D eigenvalue weighted by molar-refractivity contribution is -0.494. The lowest BCUT2D eigenvalue weighted by atomic mass is 9.44. The predicted octanol–water partition coefficient (Wildman–Crippen LogP) is 7.41. The van der Waals surface area contributed by atoms with Gasteiger partial charge in [0.25, 0.3) is 0 Å². The van der Waals surface area contributed by atoms with Crippen molar-refractivity contribution in [3.8, 4) is 0 Å². The second-order valence-corrected chi connectivity index (χ2v) is 13.7. The molecule has 0 aromatic heterocycles. The maximum atomic E-state index is 11.6. The van der Waals surface area contributed by atoms with E-state index in [-0.39, 0.29) is 34.1 Å². The first-order valence-electron chi connectivity index (χ1n) is 14.2. The number of hydrogen-bond donors (Lipinski definition) is 0. The third kappa shape index (κ3) is 3.40. The molecule has 0 radical (unpaired) electrons. The van der Waals surface area contributed by atoms with Crippen LogP contribution in [0.15, 0.2) is 11.6 Å². The summed E-state index contributed by atoms with van der Waals surface area (Å²) in [5.41, 5.74) is 1.19. The molecular formula is C30H48O4. The van der Waals surface area contributed by atoms with Crippen LogP contribution in [0.1, 0.15) is 113 Å². The number of rotatable bonds is 6. The van der Waals surface area contributed by atoms with Gasteiger partial charge in [-0.25, -0.2) is 9.78 Å². The first-order valence-corrected chi connectivity index (χ1v) is 14.2. The molecule has 0 unspecified atom stereocenters. The Kier molecular flexibility index (Phi) is 6.08. The molecule has 3 saturated carbocycles. The largest absolute Gasteiger partial charge is 0.462 e. The van der Waals surface area contributed by atoms with E-state index in [1.54, 1.807) is 0 Å². The van der Waals surface area contributed by atoms with Crippen LogP contribution in [0.4, 0.5) is 0 Å². The van der Waals surface area contributed by atoms with Crippen LogP contribution in [0.25, 0.3) is 0 Å². The van der Waals surface area contributed by atoms with E-state index in [0.29, 0.717) is 5.92 Å². The summed E-state index contributed by atoms with van der Waals surface area (Å²) in [4.78, 5) is 24.7. The molecule has 2 saturated heterocycles. The quantitative estimate of drug-likeness (QED) is 0.229. The standard InChI is InChI=1S/C30H48O4/c1-19(2)20(3)8-9-21(4)24-10-11-25-27(24,6)14-13-26-28(7)15-12-23(32-22(5)31)18-29(28)16-17-30(25,26)34-33-29/h13,19-21,23-25H,8-12,14-18H2,1-7H3/t20-,21+,23+,24+,25+,27+,28+,29+,30-/m0/s1. The number of carbonyl (C=O) groups excluding carboxylic acids is 1. The van der Waals surface area contributed by atoms with Crippen LogP contribution >= 0.6 is 0 Å². The fourth-order valence-electron chi connectivity index (χ4n) is 9.32. The number of esters is 1. The van der Waals surface area contributed by atoms with Gasteiger partial charge < -0.3 is 4.74 Å². The minimum atomic E-state index is -0.356. The van der Waals surface area contributed by atoms with E-state index < -0.39 is 0 Å². The summed E-state index contributed by atoms with van der Waals surface area (Å²) in [5, 5.41) is 0. The van der Waals surface area contributed by atoms with Gasteiger partial charge in [-0.15, -0.1) is 0 Å². The summed E-state index contributed by atoms with van der Waals surface area (Å²) in [7, 11) is 0. The molecule has 6 aliphatic rings. The van der Waals surface area contributed by atoms with Crippen molar-refractivity contribution in [3.05, 3.63) is 11.6 Å². The van der Waals surface area contributed by atoms with Gasteiger partial charge in [-0.3, -0.25) is 4.79 Å². The molecule has 2 aliphatic heterocycles. The fourth-order valence-corrected chi connectivity index (χ4v) is 9.32. The van der Waals surface area contributed by atoms with Crippen molar-refractivity contribution in [2.24, 2.45) is 40.4 Å². The molecule has 0 aromatic carbocycles. The van der Waals surface area contributed by atoms with Gasteiger partial charge in [0.1, 0.15) is 17.3 Å². The Hall–Kier alpha value is -0.870. The number of carbonyl (C=O) groups is 1. The van der Waals surface area contributed by atoms with Gasteiger partial charge in [-0.05, 0) is 79.6 Å². The zero-order valence-corrected chi connectivity index (χ0v) is 22.7. The zero-order valence-electron chi connectivity index (χ0n) is 22.7. The lowest BCUT2D eigenvalue weighted by Crippen LogP contribution is -2.71. The maximum absolute atomic E-state index is 11.6. The second-order valence-electron chi connectivity index (χ2n) is 13.7. The first-order chi connectivity index (χ1) is 16.0. The number of ether oxygens (including phenoxy) is 1. The summed E-state index contributed by atoms with van der Waals surface area (Å²) in [6, 6.07) is 0. The molecule has 0 aromatic rings. The molecule has 4 heteroatoms. The zero-order chi connectivity index (χ0) is 24.5. The highest BCUT2D eigenvalue weighted by Gasteiger charge is 2.73. The van der Waals surface area contributed by atoms with Crippen molar-refractivity contribution in [2.75, 3.05) is 0 Å². The third-order valence-electron chi connectivity index (χ3n) is 11.8. The Morgan fingerprint density at radius 1 is 1.06 bits per heavy atom. The van der Waals surface area contributed by atoms with Crippen LogP contribution < -0.4 is 0 Å². The first kappa shape index (κ1) is 24.8. The lowest BCUT2D eigenvalue weighted by Gasteiger charge is -2.69. The minimum absolute atomic E-state index is 0.0160. The predicted molar refractivity (Wildman–Crippen MR) is 134 cm³/mol. The summed E-state index contributed by atoms with van der Waals surface area (Å²) in [6.45, 7) is 16.2. The van der Waals surface area contributed by atoms with Crippen molar-refractivity contribution in [3.63, 3.8) is 0 Å². The highest BCUT2D eigenvalue weighted by atomic mass is 17.2. The van der Waals surface area contributed by atoms with Crippen LogP contribution in [0.5, 0.6) is 0 Å².